The summed E-state index contributed by atoms with van der Waals surface area (Å²) in [4.78, 5) is 4.48. The van der Waals surface area contributed by atoms with Crippen molar-refractivity contribution < 1.29 is 0 Å². The molecule has 0 aliphatic heterocycles. The van der Waals surface area contributed by atoms with Gasteiger partial charge < -0.3 is 5.73 Å². The number of rotatable bonds is 5. The molecule has 0 unspecified atom stereocenters. The molecular weight excluding hydrogens is 214 g/mol. The first kappa shape index (κ1) is 12.1. The van der Waals surface area contributed by atoms with E-state index in [1.807, 2.05) is 10.9 Å². The molecule has 0 atom stereocenters. The number of hydrogen-bond acceptors (Lipinski definition) is 3. The maximum absolute atomic E-state index is 6.02. The highest BCUT2D eigenvalue weighted by atomic mass is 15.4. The lowest BCUT2D eigenvalue weighted by molar-refractivity contribution is 0.436. The van der Waals surface area contributed by atoms with Crippen molar-refractivity contribution in [1.29, 1.82) is 0 Å². The van der Waals surface area contributed by atoms with E-state index in [1.165, 1.54) is 32.1 Å². The van der Waals surface area contributed by atoms with Crippen molar-refractivity contribution in [2.75, 3.05) is 6.54 Å². The molecule has 1 aliphatic carbocycles. The topological polar surface area (TPSA) is 69.1 Å². The zero-order valence-corrected chi connectivity index (χ0v) is 10.3. The molecule has 5 nitrogen and oxygen atoms in total. The maximum atomic E-state index is 6.02. The summed E-state index contributed by atoms with van der Waals surface area (Å²) in [7, 11) is 0. The molecule has 2 rings (SSSR count). The second-order valence-electron chi connectivity index (χ2n) is 4.66. The second kappa shape index (κ2) is 6.37. The third-order valence-electron chi connectivity index (χ3n) is 3.34. The van der Waals surface area contributed by atoms with Gasteiger partial charge >= 0.3 is 0 Å². The molecule has 17 heavy (non-hydrogen) atoms. The fourth-order valence-corrected chi connectivity index (χ4v) is 2.32. The minimum absolute atomic E-state index is 0.537. The third-order valence-corrected chi connectivity index (χ3v) is 3.34. The van der Waals surface area contributed by atoms with E-state index in [-0.39, 0.29) is 0 Å². The molecule has 0 bridgehead atoms. The Hall–Kier alpha value is -1.39. The molecule has 5 heteroatoms. The molecule has 1 heterocycles. The Bertz CT molecular complexity index is 338. The van der Waals surface area contributed by atoms with Gasteiger partial charge in [0.2, 0.25) is 0 Å². The Morgan fingerprint density at radius 3 is 2.88 bits per heavy atom. The van der Waals surface area contributed by atoms with Crippen LogP contribution < -0.4 is 5.73 Å². The van der Waals surface area contributed by atoms with Gasteiger partial charge in [0, 0.05) is 25.2 Å². The molecule has 0 saturated heterocycles. The van der Waals surface area contributed by atoms with E-state index in [1.54, 1.807) is 6.20 Å². The quantitative estimate of drug-likeness (QED) is 0.479. The first-order chi connectivity index (χ1) is 8.36. The van der Waals surface area contributed by atoms with Crippen LogP contribution >= 0.6 is 0 Å². The zero-order valence-electron chi connectivity index (χ0n) is 10.3. The van der Waals surface area contributed by atoms with Gasteiger partial charge in [0.05, 0.1) is 12.0 Å². The SMILES string of the molecule is NC(=NCCCn1ccnn1)C1CCCCC1. The Balaban J connectivity index is 1.68. The van der Waals surface area contributed by atoms with Crippen LogP contribution in [0.15, 0.2) is 17.4 Å². The summed E-state index contributed by atoms with van der Waals surface area (Å²) < 4.78 is 1.83. The summed E-state index contributed by atoms with van der Waals surface area (Å²) in [5.74, 6) is 1.40. The summed E-state index contributed by atoms with van der Waals surface area (Å²) in [6.07, 6.45) is 10.9. The third kappa shape index (κ3) is 3.84. The molecule has 0 aromatic carbocycles. The van der Waals surface area contributed by atoms with E-state index in [4.69, 9.17) is 5.73 Å². The van der Waals surface area contributed by atoms with E-state index in [0.717, 1.165) is 25.3 Å². The predicted octanol–water partition coefficient (Wildman–Crippen LogP) is 1.61. The molecule has 2 N–H and O–H groups in total. The Morgan fingerprint density at radius 2 is 2.18 bits per heavy atom. The Morgan fingerprint density at radius 1 is 1.35 bits per heavy atom. The van der Waals surface area contributed by atoms with E-state index in [2.05, 4.69) is 15.3 Å². The van der Waals surface area contributed by atoms with Crippen LogP contribution in [0, 0.1) is 5.92 Å². The molecule has 1 aliphatic rings. The van der Waals surface area contributed by atoms with Gasteiger partial charge in [0.25, 0.3) is 0 Å². The molecule has 1 aromatic heterocycles. The van der Waals surface area contributed by atoms with Crippen LogP contribution in [0.25, 0.3) is 0 Å². The van der Waals surface area contributed by atoms with Crippen molar-refractivity contribution in [3.8, 4) is 0 Å². The van der Waals surface area contributed by atoms with Crippen molar-refractivity contribution in [2.45, 2.75) is 45.1 Å². The minimum atomic E-state index is 0.537. The van der Waals surface area contributed by atoms with Crippen molar-refractivity contribution in [1.82, 2.24) is 15.0 Å². The highest BCUT2D eigenvalue weighted by molar-refractivity contribution is 5.82. The first-order valence-electron chi connectivity index (χ1n) is 6.50. The van der Waals surface area contributed by atoms with Crippen LogP contribution in [-0.2, 0) is 6.54 Å². The number of aromatic nitrogens is 3. The summed E-state index contributed by atoms with van der Waals surface area (Å²) >= 11 is 0. The lowest BCUT2D eigenvalue weighted by Crippen LogP contribution is -2.26. The second-order valence-corrected chi connectivity index (χ2v) is 4.66. The minimum Gasteiger partial charge on any atom is -0.387 e. The van der Waals surface area contributed by atoms with Gasteiger partial charge in [-0.15, -0.1) is 5.10 Å². The van der Waals surface area contributed by atoms with Gasteiger partial charge in [-0.05, 0) is 19.3 Å². The van der Waals surface area contributed by atoms with Gasteiger partial charge in [-0.2, -0.15) is 0 Å². The largest absolute Gasteiger partial charge is 0.387 e. The molecule has 0 amide bonds. The standard InChI is InChI=1S/C12H21N5/c13-12(11-5-2-1-3-6-11)14-7-4-9-17-10-8-15-16-17/h8,10-11H,1-7,9H2,(H2,13,14). The molecule has 1 fully saturated rings. The van der Waals surface area contributed by atoms with Crippen LogP contribution in [0.2, 0.25) is 0 Å². The van der Waals surface area contributed by atoms with E-state index in [0.29, 0.717) is 5.92 Å². The number of amidine groups is 1. The van der Waals surface area contributed by atoms with Crippen LogP contribution in [0.5, 0.6) is 0 Å². The summed E-state index contributed by atoms with van der Waals surface area (Å²) in [5, 5.41) is 7.67. The van der Waals surface area contributed by atoms with Crippen molar-refractivity contribution in [3.63, 3.8) is 0 Å². The number of nitrogens with zero attached hydrogens (tertiary/aromatic N) is 4. The smallest absolute Gasteiger partial charge is 0.0968 e. The molecule has 0 spiro atoms. The highest BCUT2D eigenvalue weighted by Gasteiger charge is 2.16. The lowest BCUT2D eigenvalue weighted by atomic mass is 9.88. The lowest BCUT2D eigenvalue weighted by Gasteiger charge is -2.20. The van der Waals surface area contributed by atoms with E-state index < -0.39 is 0 Å². The molecule has 0 radical (unpaired) electrons. The molecular formula is C12H21N5. The van der Waals surface area contributed by atoms with Crippen molar-refractivity contribution in [3.05, 3.63) is 12.4 Å². The normalized spacial score (nSPS) is 18.5. The fourth-order valence-electron chi connectivity index (χ4n) is 2.32. The van der Waals surface area contributed by atoms with Crippen LogP contribution in [0.4, 0.5) is 0 Å². The van der Waals surface area contributed by atoms with Crippen LogP contribution in [-0.4, -0.2) is 27.4 Å². The van der Waals surface area contributed by atoms with Crippen molar-refractivity contribution >= 4 is 5.84 Å². The number of aryl methyl sites for hydroxylation is 1. The van der Waals surface area contributed by atoms with Gasteiger partial charge in [0.15, 0.2) is 0 Å². The number of nitrogens with two attached hydrogens (primary N) is 1. The maximum Gasteiger partial charge on any atom is 0.0968 e. The fraction of sp³-hybridized carbons (Fsp3) is 0.750. The average Bonchev–Trinajstić information content (AvgIpc) is 2.88. The average molecular weight is 235 g/mol. The van der Waals surface area contributed by atoms with Crippen LogP contribution in [0.3, 0.4) is 0 Å². The number of aliphatic imine (C=N–C) groups is 1. The zero-order chi connectivity index (χ0) is 11.9. The molecule has 94 valence electrons. The van der Waals surface area contributed by atoms with Crippen molar-refractivity contribution in [2.24, 2.45) is 16.6 Å². The summed E-state index contributed by atoms with van der Waals surface area (Å²) in [6, 6.07) is 0. The highest BCUT2D eigenvalue weighted by Crippen LogP contribution is 2.23. The predicted molar refractivity (Wildman–Crippen MR) is 67.7 cm³/mol. The molecule has 1 aromatic rings. The van der Waals surface area contributed by atoms with E-state index in [9.17, 15) is 0 Å². The summed E-state index contributed by atoms with van der Waals surface area (Å²) in [5.41, 5.74) is 6.02. The summed E-state index contributed by atoms with van der Waals surface area (Å²) in [6.45, 7) is 1.66. The Kier molecular flexibility index (Phi) is 4.53. The first-order valence-corrected chi connectivity index (χ1v) is 6.50. The number of hydrogen-bond donors (Lipinski definition) is 1. The van der Waals surface area contributed by atoms with Crippen LogP contribution in [0.1, 0.15) is 38.5 Å². The van der Waals surface area contributed by atoms with Gasteiger partial charge in [-0.1, -0.05) is 24.5 Å². The molecule has 1 saturated carbocycles. The monoisotopic (exact) mass is 235 g/mol. The van der Waals surface area contributed by atoms with E-state index >= 15 is 0 Å². The van der Waals surface area contributed by atoms with Gasteiger partial charge in [-0.3, -0.25) is 9.67 Å². The van der Waals surface area contributed by atoms with Gasteiger partial charge in [0.1, 0.15) is 0 Å². The Labute approximate surface area is 102 Å². The van der Waals surface area contributed by atoms with Gasteiger partial charge in [-0.25, -0.2) is 0 Å².